The lowest BCUT2D eigenvalue weighted by Gasteiger charge is -2.31. The largest absolute Gasteiger partial charge is 0.336 e. The number of likely N-dealkylation sites (tertiary alicyclic amines) is 1. The number of nitrogens with zero attached hydrogens (tertiary/aromatic N) is 3. The molecule has 2 heterocycles. The van der Waals surface area contributed by atoms with E-state index in [2.05, 4.69) is 20.8 Å². The number of carbonyl (C=O) groups excluding carboxylic acids is 3. The molecule has 2 aromatic carbocycles. The first kappa shape index (κ1) is 23.8. The Bertz CT molecular complexity index is 1230. The second-order valence-electron chi connectivity index (χ2n) is 8.20. The summed E-state index contributed by atoms with van der Waals surface area (Å²) in [7, 11) is 0. The number of hydrogen-bond acceptors (Lipinski definition) is 6. The Labute approximate surface area is 206 Å². The predicted octanol–water partition coefficient (Wildman–Crippen LogP) is 4.55. The predicted molar refractivity (Wildman–Crippen MR) is 132 cm³/mol. The number of amides is 3. The van der Waals surface area contributed by atoms with Gasteiger partial charge in [-0.3, -0.25) is 14.4 Å². The summed E-state index contributed by atoms with van der Waals surface area (Å²) in [5.74, 6) is -1.21. The Morgan fingerprint density at radius 2 is 1.76 bits per heavy atom. The van der Waals surface area contributed by atoms with E-state index < -0.39 is 5.91 Å². The molecular weight excluding hydrogens is 474 g/mol. The molecule has 0 aliphatic carbocycles. The van der Waals surface area contributed by atoms with E-state index in [4.69, 9.17) is 11.6 Å². The SMILES string of the molecule is Cc1cccc(NC(=O)C2CCCN(C(=O)c3nnc(C(=O)Nc4ccc(Cl)cc4)s3)C2)c1C. The van der Waals surface area contributed by atoms with Crippen LogP contribution in [0.25, 0.3) is 0 Å². The van der Waals surface area contributed by atoms with Crippen LogP contribution in [0.2, 0.25) is 5.02 Å². The van der Waals surface area contributed by atoms with Crippen molar-refractivity contribution in [2.75, 3.05) is 23.7 Å². The van der Waals surface area contributed by atoms with Crippen molar-refractivity contribution < 1.29 is 14.4 Å². The molecule has 1 unspecified atom stereocenters. The van der Waals surface area contributed by atoms with Gasteiger partial charge in [-0.1, -0.05) is 35.1 Å². The minimum Gasteiger partial charge on any atom is -0.336 e. The molecular formula is C24H24ClN5O3S. The number of rotatable bonds is 5. The molecule has 1 aromatic heterocycles. The number of hydrogen-bond donors (Lipinski definition) is 2. The Kier molecular flexibility index (Phi) is 7.23. The van der Waals surface area contributed by atoms with Gasteiger partial charge in [-0.15, -0.1) is 10.2 Å². The van der Waals surface area contributed by atoms with Gasteiger partial charge in [0.25, 0.3) is 11.8 Å². The third kappa shape index (κ3) is 5.43. The van der Waals surface area contributed by atoms with Crippen LogP contribution in [-0.4, -0.2) is 45.9 Å². The van der Waals surface area contributed by atoms with Crippen molar-refractivity contribution in [1.29, 1.82) is 0 Å². The highest BCUT2D eigenvalue weighted by atomic mass is 35.5. The van der Waals surface area contributed by atoms with Gasteiger partial charge >= 0.3 is 0 Å². The number of piperidine rings is 1. The van der Waals surface area contributed by atoms with Crippen LogP contribution in [0.15, 0.2) is 42.5 Å². The number of anilines is 2. The first-order valence-corrected chi connectivity index (χ1v) is 12.1. The van der Waals surface area contributed by atoms with Crippen LogP contribution in [0, 0.1) is 19.8 Å². The first-order valence-electron chi connectivity index (χ1n) is 10.9. The zero-order valence-corrected chi connectivity index (χ0v) is 20.4. The topological polar surface area (TPSA) is 104 Å². The molecule has 1 saturated heterocycles. The highest BCUT2D eigenvalue weighted by Crippen LogP contribution is 2.24. The monoisotopic (exact) mass is 497 g/mol. The van der Waals surface area contributed by atoms with Crippen LogP contribution in [0.3, 0.4) is 0 Å². The summed E-state index contributed by atoms with van der Waals surface area (Å²) < 4.78 is 0. The minimum atomic E-state index is -0.455. The number of aromatic nitrogens is 2. The summed E-state index contributed by atoms with van der Waals surface area (Å²) in [5, 5.41) is 14.3. The Hall–Kier alpha value is -3.30. The third-order valence-corrected chi connectivity index (χ3v) is 7.01. The van der Waals surface area contributed by atoms with Crippen molar-refractivity contribution in [3.8, 4) is 0 Å². The second-order valence-corrected chi connectivity index (χ2v) is 9.61. The number of halogens is 1. The number of aryl methyl sites for hydroxylation is 1. The maximum Gasteiger partial charge on any atom is 0.286 e. The molecule has 3 amide bonds. The van der Waals surface area contributed by atoms with Crippen LogP contribution >= 0.6 is 22.9 Å². The van der Waals surface area contributed by atoms with E-state index >= 15 is 0 Å². The minimum absolute atomic E-state index is 0.0829. The van der Waals surface area contributed by atoms with Gasteiger partial charge in [0.1, 0.15) is 0 Å². The molecule has 0 saturated carbocycles. The van der Waals surface area contributed by atoms with E-state index in [9.17, 15) is 14.4 Å². The van der Waals surface area contributed by atoms with Crippen molar-refractivity contribution in [3.05, 3.63) is 68.6 Å². The average Bonchev–Trinajstić information content (AvgIpc) is 3.33. The van der Waals surface area contributed by atoms with E-state index in [1.807, 2.05) is 32.0 Å². The van der Waals surface area contributed by atoms with Gasteiger partial charge in [-0.05, 0) is 68.1 Å². The molecule has 0 radical (unpaired) electrons. The molecule has 1 aliphatic rings. The molecule has 8 nitrogen and oxygen atoms in total. The van der Waals surface area contributed by atoms with Crippen molar-refractivity contribution in [1.82, 2.24) is 15.1 Å². The molecule has 1 fully saturated rings. The molecule has 0 bridgehead atoms. The Morgan fingerprint density at radius 1 is 1.03 bits per heavy atom. The van der Waals surface area contributed by atoms with Gasteiger partial charge in [0, 0.05) is 29.5 Å². The maximum atomic E-state index is 13.0. The maximum absolute atomic E-state index is 13.0. The van der Waals surface area contributed by atoms with Gasteiger partial charge in [-0.2, -0.15) is 0 Å². The van der Waals surface area contributed by atoms with Crippen LogP contribution in [0.5, 0.6) is 0 Å². The van der Waals surface area contributed by atoms with E-state index in [1.165, 1.54) is 0 Å². The first-order chi connectivity index (χ1) is 16.3. The van der Waals surface area contributed by atoms with Crippen molar-refractivity contribution in [2.45, 2.75) is 26.7 Å². The van der Waals surface area contributed by atoms with E-state index in [1.54, 1.807) is 29.2 Å². The normalized spacial score (nSPS) is 15.6. The highest BCUT2D eigenvalue weighted by Gasteiger charge is 2.31. The van der Waals surface area contributed by atoms with Gasteiger partial charge < -0.3 is 15.5 Å². The van der Waals surface area contributed by atoms with Gasteiger partial charge in [0.05, 0.1) is 5.92 Å². The van der Waals surface area contributed by atoms with Crippen LogP contribution in [0.4, 0.5) is 11.4 Å². The molecule has 10 heteroatoms. The molecule has 2 N–H and O–H groups in total. The lowest BCUT2D eigenvalue weighted by molar-refractivity contribution is -0.121. The van der Waals surface area contributed by atoms with E-state index in [0.717, 1.165) is 28.2 Å². The second kappa shape index (κ2) is 10.3. The number of nitrogens with one attached hydrogen (secondary N) is 2. The number of benzene rings is 2. The molecule has 3 aromatic rings. The van der Waals surface area contributed by atoms with Crippen molar-refractivity contribution in [3.63, 3.8) is 0 Å². The van der Waals surface area contributed by atoms with Crippen LogP contribution in [-0.2, 0) is 4.79 Å². The fraction of sp³-hybridized carbons (Fsp3) is 0.292. The zero-order valence-electron chi connectivity index (χ0n) is 18.8. The molecule has 176 valence electrons. The summed E-state index contributed by atoms with van der Waals surface area (Å²) >= 11 is 6.79. The zero-order chi connectivity index (χ0) is 24.2. The lowest BCUT2D eigenvalue weighted by atomic mass is 9.96. The quantitative estimate of drug-likeness (QED) is 0.538. The Balaban J connectivity index is 1.38. The summed E-state index contributed by atoms with van der Waals surface area (Å²) in [6, 6.07) is 12.5. The van der Waals surface area contributed by atoms with Crippen LogP contribution < -0.4 is 10.6 Å². The third-order valence-electron chi connectivity index (χ3n) is 5.85. The molecule has 34 heavy (non-hydrogen) atoms. The summed E-state index contributed by atoms with van der Waals surface area (Å²) in [6.07, 6.45) is 1.41. The van der Waals surface area contributed by atoms with Gasteiger partial charge in [0.2, 0.25) is 15.9 Å². The van der Waals surface area contributed by atoms with Gasteiger partial charge in [-0.25, -0.2) is 0 Å². The molecule has 0 spiro atoms. The summed E-state index contributed by atoms with van der Waals surface area (Å²) in [5.41, 5.74) is 3.48. The smallest absolute Gasteiger partial charge is 0.286 e. The van der Waals surface area contributed by atoms with Crippen molar-refractivity contribution in [2.24, 2.45) is 5.92 Å². The van der Waals surface area contributed by atoms with Gasteiger partial charge in [0.15, 0.2) is 0 Å². The van der Waals surface area contributed by atoms with Crippen LogP contribution in [0.1, 0.15) is 43.6 Å². The molecule has 4 rings (SSSR count). The van der Waals surface area contributed by atoms with Crippen molar-refractivity contribution >= 4 is 52.0 Å². The highest BCUT2D eigenvalue weighted by molar-refractivity contribution is 7.15. The molecule has 1 atom stereocenters. The average molecular weight is 498 g/mol. The van der Waals surface area contributed by atoms with E-state index in [-0.39, 0.29) is 27.7 Å². The lowest BCUT2D eigenvalue weighted by Crippen LogP contribution is -2.43. The van der Waals surface area contributed by atoms with E-state index in [0.29, 0.717) is 36.6 Å². The fourth-order valence-electron chi connectivity index (χ4n) is 3.75. The molecule has 1 aliphatic heterocycles. The fourth-order valence-corrected chi connectivity index (χ4v) is 4.58. The summed E-state index contributed by atoms with van der Waals surface area (Å²) in [4.78, 5) is 40.0. The Morgan fingerprint density at radius 3 is 2.53 bits per heavy atom. The summed E-state index contributed by atoms with van der Waals surface area (Å²) in [6.45, 7) is 4.79. The number of carbonyl (C=O) groups is 3. The standard InChI is InChI=1S/C24H24ClN5O3S/c1-14-5-3-7-19(15(14)2)27-20(31)16-6-4-12-30(13-16)24(33)23-29-28-22(34-23)21(32)26-18-10-8-17(25)9-11-18/h3,5,7-11,16H,4,6,12-13H2,1-2H3,(H,26,32)(H,27,31).